The SMILES string of the molecule is CCNC(Cc1ncc[nH]1)C1CCCOC1. The summed E-state index contributed by atoms with van der Waals surface area (Å²) in [7, 11) is 0. The highest BCUT2D eigenvalue weighted by molar-refractivity contribution is 4.93. The fraction of sp³-hybridized carbons (Fsp3) is 0.750. The lowest BCUT2D eigenvalue weighted by Crippen LogP contribution is -2.41. The van der Waals surface area contributed by atoms with Crippen molar-refractivity contribution in [1.82, 2.24) is 15.3 Å². The Kier molecular flexibility index (Phi) is 4.36. The van der Waals surface area contributed by atoms with Gasteiger partial charge in [0.25, 0.3) is 0 Å². The fourth-order valence-electron chi connectivity index (χ4n) is 2.37. The van der Waals surface area contributed by atoms with Crippen LogP contribution >= 0.6 is 0 Å². The second-order valence-electron chi connectivity index (χ2n) is 4.38. The Morgan fingerprint density at radius 1 is 1.69 bits per heavy atom. The zero-order valence-electron chi connectivity index (χ0n) is 9.91. The topological polar surface area (TPSA) is 49.9 Å². The van der Waals surface area contributed by atoms with Crippen molar-refractivity contribution in [3.63, 3.8) is 0 Å². The van der Waals surface area contributed by atoms with E-state index < -0.39 is 0 Å². The van der Waals surface area contributed by atoms with Crippen molar-refractivity contribution in [3.05, 3.63) is 18.2 Å². The van der Waals surface area contributed by atoms with Crippen molar-refractivity contribution in [2.45, 2.75) is 32.2 Å². The number of rotatable bonds is 5. The van der Waals surface area contributed by atoms with E-state index in [1.165, 1.54) is 12.8 Å². The monoisotopic (exact) mass is 223 g/mol. The van der Waals surface area contributed by atoms with Crippen LogP contribution in [0.4, 0.5) is 0 Å². The lowest BCUT2D eigenvalue weighted by Gasteiger charge is -2.30. The molecule has 1 aliphatic heterocycles. The largest absolute Gasteiger partial charge is 0.381 e. The average Bonchev–Trinajstić information content (AvgIpc) is 2.83. The zero-order chi connectivity index (χ0) is 11.2. The number of ether oxygens (including phenoxy) is 1. The minimum absolute atomic E-state index is 0.483. The molecule has 0 saturated carbocycles. The van der Waals surface area contributed by atoms with Gasteiger partial charge in [0.15, 0.2) is 0 Å². The second kappa shape index (κ2) is 6.01. The van der Waals surface area contributed by atoms with E-state index in [-0.39, 0.29) is 0 Å². The Bertz CT molecular complexity index is 280. The van der Waals surface area contributed by atoms with Gasteiger partial charge in [-0.15, -0.1) is 0 Å². The number of aromatic amines is 1. The van der Waals surface area contributed by atoms with Crippen molar-refractivity contribution < 1.29 is 4.74 Å². The van der Waals surface area contributed by atoms with Crippen LogP contribution in [0, 0.1) is 5.92 Å². The molecule has 16 heavy (non-hydrogen) atoms. The number of hydrogen-bond acceptors (Lipinski definition) is 3. The van der Waals surface area contributed by atoms with Crippen LogP contribution in [0.5, 0.6) is 0 Å². The number of hydrogen-bond donors (Lipinski definition) is 2. The molecule has 2 atom stereocenters. The van der Waals surface area contributed by atoms with Gasteiger partial charge < -0.3 is 15.0 Å². The molecule has 0 amide bonds. The van der Waals surface area contributed by atoms with Gasteiger partial charge >= 0.3 is 0 Å². The summed E-state index contributed by atoms with van der Waals surface area (Å²) >= 11 is 0. The maximum absolute atomic E-state index is 5.56. The Labute approximate surface area is 96.8 Å². The van der Waals surface area contributed by atoms with Crippen molar-refractivity contribution in [3.8, 4) is 0 Å². The van der Waals surface area contributed by atoms with E-state index in [4.69, 9.17) is 4.74 Å². The normalized spacial score (nSPS) is 23.2. The summed E-state index contributed by atoms with van der Waals surface area (Å²) in [5.41, 5.74) is 0. The molecule has 0 aliphatic carbocycles. The van der Waals surface area contributed by atoms with Gasteiger partial charge in [0, 0.05) is 31.5 Å². The van der Waals surface area contributed by atoms with Gasteiger partial charge in [-0.2, -0.15) is 0 Å². The number of aromatic nitrogens is 2. The summed E-state index contributed by atoms with van der Waals surface area (Å²) in [6.07, 6.45) is 7.11. The molecule has 1 aromatic heterocycles. The van der Waals surface area contributed by atoms with Crippen LogP contribution in [0.1, 0.15) is 25.6 Å². The molecular formula is C12H21N3O. The predicted molar refractivity (Wildman–Crippen MR) is 63.3 cm³/mol. The Hall–Kier alpha value is -0.870. The molecule has 4 heteroatoms. The Morgan fingerprint density at radius 3 is 3.25 bits per heavy atom. The molecule has 0 spiro atoms. The maximum atomic E-state index is 5.56. The van der Waals surface area contributed by atoms with Gasteiger partial charge in [-0.3, -0.25) is 0 Å². The van der Waals surface area contributed by atoms with Crippen LogP contribution < -0.4 is 5.32 Å². The number of likely N-dealkylation sites (N-methyl/N-ethyl adjacent to an activating group) is 1. The fourth-order valence-corrected chi connectivity index (χ4v) is 2.37. The number of H-pyrrole nitrogens is 1. The van der Waals surface area contributed by atoms with Crippen molar-refractivity contribution in [1.29, 1.82) is 0 Å². The van der Waals surface area contributed by atoms with E-state index in [0.717, 1.165) is 32.0 Å². The first-order valence-corrected chi connectivity index (χ1v) is 6.19. The summed E-state index contributed by atoms with van der Waals surface area (Å²) in [4.78, 5) is 7.47. The van der Waals surface area contributed by atoms with Crippen LogP contribution in [0.15, 0.2) is 12.4 Å². The summed E-state index contributed by atoms with van der Waals surface area (Å²) in [6, 6.07) is 0.483. The van der Waals surface area contributed by atoms with Crippen molar-refractivity contribution in [2.75, 3.05) is 19.8 Å². The minimum Gasteiger partial charge on any atom is -0.381 e. The van der Waals surface area contributed by atoms with Gasteiger partial charge in [-0.1, -0.05) is 6.92 Å². The molecule has 0 bridgehead atoms. The number of nitrogens with one attached hydrogen (secondary N) is 2. The van der Waals surface area contributed by atoms with E-state index in [1.807, 2.05) is 12.4 Å². The lowest BCUT2D eigenvalue weighted by atomic mass is 9.91. The van der Waals surface area contributed by atoms with Gasteiger partial charge in [-0.25, -0.2) is 4.98 Å². The van der Waals surface area contributed by atoms with Crippen LogP contribution in [-0.4, -0.2) is 35.8 Å². The molecule has 1 aliphatic rings. The maximum Gasteiger partial charge on any atom is 0.107 e. The molecular weight excluding hydrogens is 202 g/mol. The lowest BCUT2D eigenvalue weighted by molar-refractivity contribution is 0.0393. The smallest absolute Gasteiger partial charge is 0.107 e. The molecule has 1 saturated heterocycles. The molecule has 1 aromatic rings. The molecule has 1 fully saturated rings. The van der Waals surface area contributed by atoms with Gasteiger partial charge in [-0.05, 0) is 25.3 Å². The van der Waals surface area contributed by atoms with Crippen LogP contribution in [-0.2, 0) is 11.2 Å². The van der Waals surface area contributed by atoms with Gasteiger partial charge in [0.05, 0.1) is 6.61 Å². The highest BCUT2D eigenvalue weighted by Crippen LogP contribution is 2.19. The third-order valence-corrected chi connectivity index (χ3v) is 3.20. The minimum atomic E-state index is 0.483. The Morgan fingerprint density at radius 2 is 2.62 bits per heavy atom. The molecule has 0 aromatic carbocycles. The second-order valence-corrected chi connectivity index (χ2v) is 4.38. The third kappa shape index (κ3) is 3.06. The summed E-state index contributed by atoms with van der Waals surface area (Å²) in [5, 5.41) is 3.55. The first-order chi connectivity index (χ1) is 7.90. The standard InChI is InChI=1S/C12H21N3O/c1-2-13-11(8-12-14-5-6-15-12)10-4-3-7-16-9-10/h5-6,10-11,13H,2-4,7-9H2,1H3,(H,14,15). The van der Waals surface area contributed by atoms with Crippen molar-refractivity contribution in [2.24, 2.45) is 5.92 Å². The molecule has 90 valence electrons. The highest BCUT2D eigenvalue weighted by Gasteiger charge is 2.24. The summed E-state index contributed by atoms with van der Waals surface area (Å²) < 4.78 is 5.56. The molecule has 2 heterocycles. The zero-order valence-corrected chi connectivity index (χ0v) is 9.91. The van der Waals surface area contributed by atoms with Crippen molar-refractivity contribution >= 4 is 0 Å². The molecule has 2 N–H and O–H groups in total. The Balaban J connectivity index is 1.92. The third-order valence-electron chi connectivity index (χ3n) is 3.20. The van der Waals surface area contributed by atoms with Gasteiger partial charge in [0.2, 0.25) is 0 Å². The van der Waals surface area contributed by atoms with E-state index in [0.29, 0.717) is 12.0 Å². The van der Waals surface area contributed by atoms with E-state index in [9.17, 15) is 0 Å². The molecule has 2 rings (SSSR count). The van der Waals surface area contributed by atoms with E-state index in [2.05, 4.69) is 22.2 Å². The van der Waals surface area contributed by atoms with Crippen LogP contribution in [0.3, 0.4) is 0 Å². The predicted octanol–water partition coefficient (Wildman–Crippen LogP) is 1.36. The average molecular weight is 223 g/mol. The van der Waals surface area contributed by atoms with E-state index >= 15 is 0 Å². The number of imidazole rings is 1. The molecule has 0 radical (unpaired) electrons. The first kappa shape index (κ1) is 11.6. The molecule has 4 nitrogen and oxygen atoms in total. The first-order valence-electron chi connectivity index (χ1n) is 6.19. The van der Waals surface area contributed by atoms with E-state index in [1.54, 1.807) is 0 Å². The number of nitrogens with zero attached hydrogens (tertiary/aromatic N) is 1. The summed E-state index contributed by atoms with van der Waals surface area (Å²) in [6.45, 7) is 4.97. The van der Waals surface area contributed by atoms with Crippen LogP contribution in [0.25, 0.3) is 0 Å². The molecule has 2 unspecified atom stereocenters. The quantitative estimate of drug-likeness (QED) is 0.792. The van der Waals surface area contributed by atoms with Gasteiger partial charge in [0.1, 0.15) is 5.82 Å². The highest BCUT2D eigenvalue weighted by atomic mass is 16.5. The van der Waals surface area contributed by atoms with Crippen LogP contribution in [0.2, 0.25) is 0 Å². The summed E-state index contributed by atoms with van der Waals surface area (Å²) in [5.74, 6) is 1.69.